The van der Waals surface area contributed by atoms with Gasteiger partial charge in [0.25, 0.3) is 0 Å². The first-order valence-electron chi connectivity index (χ1n) is 13.7. The van der Waals surface area contributed by atoms with Crippen molar-refractivity contribution in [2.24, 2.45) is 0 Å². The van der Waals surface area contributed by atoms with Crippen molar-refractivity contribution in [2.45, 2.75) is 31.6 Å². The van der Waals surface area contributed by atoms with Crippen LogP contribution in [0.1, 0.15) is 18.4 Å². The van der Waals surface area contributed by atoms with Crippen LogP contribution in [0.15, 0.2) is 66.9 Å². The summed E-state index contributed by atoms with van der Waals surface area (Å²) in [5.74, 6) is 0.400. The van der Waals surface area contributed by atoms with E-state index >= 15 is 0 Å². The van der Waals surface area contributed by atoms with E-state index in [9.17, 15) is 22.8 Å². The highest BCUT2D eigenvalue weighted by Crippen LogP contribution is 2.40. The molecule has 2 bridgehead atoms. The molecule has 6 rings (SSSR count). The number of aromatic nitrogens is 4. The number of rotatable bonds is 6. The van der Waals surface area contributed by atoms with Gasteiger partial charge >= 0.3 is 18.3 Å². The first kappa shape index (κ1) is 28.0. The van der Waals surface area contributed by atoms with Crippen molar-refractivity contribution in [3.8, 4) is 22.5 Å². The molecular weight excluding hydrogens is 565 g/mol. The summed E-state index contributed by atoms with van der Waals surface area (Å²) in [5.41, 5.74) is 2.39. The number of carboxylic acid groups (broad SMARTS) is 1. The second-order valence-electron chi connectivity index (χ2n) is 10.3. The first-order chi connectivity index (χ1) is 20.7. The Morgan fingerprint density at radius 3 is 2.60 bits per heavy atom. The maximum absolute atomic E-state index is 13.8. The molecule has 1 atom stereocenters. The molecule has 2 aromatic carbocycles. The number of fused-ring (bicyclic) bond motifs is 4. The van der Waals surface area contributed by atoms with Crippen LogP contribution < -0.4 is 20.4 Å². The molecule has 3 amide bonds. The monoisotopic (exact) mass is 592 g/mol. The zero-order valence-electron chi connectivity index (χ0n) is 22.8. The molecule has 2 aliphatic rings. The van der Waals surface area contributed by atoms with Gasteiger partial charge in [-0.25, -0.2) is 14.6 Å². The van der Waals surface area contributed by atoms with E-state index in [0.29, 0.717) is 47.1 Å². The second kappa shape index (κ2) is 11.3. The van der Waals surface area contributed by atoms with E-state index in [2.05, 4.69) is 25.8 Å². The van der Waals surface area contributed by atoms with E-state index in [1.807, 2.05) is 12.1 Å². The van der Waals surface area contributed by atoms with E-state index < -0.39 is 23.9 Å². The summed E-state index contributed by atoms with van der Waals surface area (Å²) in [6.45, 7) is 1.91. The number of nitrogens with zero attached hydrogens (tertiary/aromatic N) is 6. The number of alkyl halides is 3. The van der Waals surface area contributed by atoms with Crippen molar-refractivity contribution >= 4 is 29.3 Å². The highest BCUT2D eigenvalue weighted by Gasteiger charge is 2.38. The van der Waals surface area contributed by atoms with Gasteiger partial charge in [-0.2, -0.15) is 13.2 Å². The van der Waals surface area contributed by atoms with E-state index in [4.69, 9.17) is 10.1 Å². The zero-order valence-corrected chi connectivity index (χ0v) is 22.8. The molecule has 222 valence electrons. The van der Waals surface area contributed by atoms with Crippen molar-refractivity contribution in [1.82, 2.24) is 25.3 Å². The Balaban J connectivity index is 1.26. The van der Waals surface area contributed by atoms with Gasteiger partial charge < -0.3 is 20.6 Å². The molecule has 2 aliphatic heterocycles. The number of piperidine rings is 1. The second-order valence-corrected chi connectivity index (χ2v) is 10.3. The van der Waals surface area contributed by atoms with Gasteiger partial charge in [-0.1, -0.05) is 29.5 Å². The van der Waals surface area contributed by atoms with E-state index in [1.165, 1.54) is 10.7 Å². The summed E-state index contributed by atoms with van der Waals surface area (Å²) < 4.78 is 41.7. The minimum atomic E-state index is -4.49. The molecule has 11 nitrogen and oxygen atoms in total. The third kappa shape index (κ3) is 5.94. The molecule has 1 fully saturated rings. The molecule has 14 heteroatoms. The van der Waals surface area contributed by atoms with Gasteiger partial charge in [0, 0.05) is 36.4 Å². The van der Waals surface area contributed by atoms with Crippen LogP contribution in [0.2, 0.25) is 0 Å². The normalized spacial score (nSPS) is 16.0. The van der Waals surface area contributed by atoms with Crippen molar-refractivity contribution in [3.05, 3.63) is 72.4 Å². The third-order valence-corrected chi connectivity index (χ3v) is 7.45. The van der Waals surface area contributed by atoms with Gasteiger partial charge in [-0.15, -0.1) is 5.10 Å². The molecule has 4 aromatic rings. The maximum atomic E-state index is 13.8. The highest BCUT2D eigenvalue weighted by molar-refractivity contribution is 6.04. The van der Waals surface area contributed by atoms with Gasteiger partial charge in [0.15, 0.2) is 5.82 Å². The largest absolute Gasteiger partial charge is 0.465 e. The van der Waals surface area contributed by atoms with Crippen LogP contribution in [0, 0.1) is 0 Å². The molecule has 1 saturated heterocycles. The molecule has 0 spiro atoms. The lowest BCUT2D eigenvalue weighted by molar-refractivity contribution is -0.137. The van der Waals surface area contributed by atoms with Crippen LogP contribution in [-0.2, 0) is 12.7 Å². The van der Waals surface area contributed by atoms with Crippen LogP contribution in [0.4, 0.5) is 40.0 Å². The van der Waals surface area contributed by atoms with Gasteiger partial charge in [0.05, 0.1) is 35.7 Å². The SMILES string of the molecule is O=C(O)NCCn1cc(-c2cccc(NC(=O)N3c4nc(-c5cccc(C(F)(F)F)c5)ccc4N4CCC[C@H]3C4)c2)nn1. The van der Waals surface area contributed by atoms with Crippen LogP contribution in [-0.4, -0.2) is 62.9 Å². The van der Waals surface area contributed by atoms with Gasteiger partial charge in [-0.05, 0) is 49.2 Å². The lowest BCUT2D eigenvalue weighted by atomic mass is 9.99. The number of carbonyl (C=O) groups excluding carboxylic acids is 1. The van der Waals surface area contributed by atoms with E-state index in [0.717, 1.165) is 37.2 Å². The number of hydrogen-bond donors (Lipinski definition) is 3. The van der Waals surface area contributed by atoms with Gasteiger partial charge in [0.2, 0.25) is 0 Å². The minimum absolute atomic E-state index is 0.159. The molecule has 0 saturated carbocycles. The fourth-order valence-corrected chi connectivity index (χ4v) is 5.46. The Kier molecular flexibility index (Phi) is 7.34. The smallest absolute Gasteiger partial charge is 0.416 e. The van der Waals surface area contributed by atoms with Crippen LogP contribution in [0.3, 0.4) is 0 Å². The Bertz CT molecular complexity index is 1670. The number of urea groups is 1. The summed E-state index contributed by atoms with van der Waals surface area (Å²) in [4.78, 5) is 33.0. The third-order valence-electron chi connectivity index (χ3n) is 7.45. The maximum Gasteiger partial charge on any atom is 0.416 e. The Morgan fingerprint density at radius 2 is 1.81 bits per heavy atom. The van der Waals surface area contributed by atoms with Crippen LogP contribution in [0.25, 0.3) is 22.5 Å². The molecule has 2 aromatic heterocycles. The zero-order chi connectivity index (χ0) is 30.1. The number of hydrogen-bond acceptors (Lipinski definition) is 6. The number of amides is 3. The lowest BCUT2D eigenvalue weighted by Crippen LogP contribution is -2.56. The van der Waals surface area contributed by atoms with Crippen molar-refractivity contribution in [3.63, 3.8) is 0 Å². The Morgan fingerprint density at radius 1 is 1.02 bits per heavy atom. The summed E-state index contributed by atoms with van der Waals surface area (Å²) in [6.07, 6.45) is -2.28. The predicted octanol–water partition coefficient (Wildman–Crippen LogP) is 5.31. The summed E-state index contributed by atoms with van der Waals surface area (Å²) in [5, 5.41) is 22.1. The van der Waals surface area contributed by atoms with Crippen molar-refractivity contribution < 1.29 is 27.9 Å². The average Bonchev–Trinajstić information content (AvgIpc) is 3.46. The number of pyridine rings is 1. The van der Waals surface area contributed by atoms with Crippen LogP contribution >= 0.6 is 0 Å². The van der Waals surface area contributed by atoms with E-state index in [-0.39, 0.29) is 12.6 Å². The van der Waals surface area contributed by atoms with Gasteiger partial charge in [-0.3, -0.25) is 9.58 Å². The molecule has 3 N–H and O–H groups in total. The lowest BCUT2D eigenvalue weighted by Gasteiger charge is -2.45. The number of anilines is 3. The number of benzene rings is 2. The summed E-state index contributed by atoms with van der Waals surface area (Å²) in [6, 6.07) is 15.0. The number of carbonyl (C=O) groups is 2. The molecule has 0 aliphatic carbocycles. The first-order valence-corrected chi connectivity index (χ1v) is 13.7. The topological polar surface area (TPSA) is 129 Å². The Hall–Kier alpha value is -5.14. The average molecular weight is 593 g/mol. The van der Waals surface area contributed by atoms with Crippen molar-refractivity contribution in [1.29, 1.82) is 0 Å². The van der Waals surface area contributed by atoms with Crippen LogP contribution in [0.5, 0.6) is 0 Å². The highest BCUT2D eigenvalue weighted by atomic mass is 19.4. The van der Waals surface area contributed by atoms with Gasteiger partial charge in [0.1, 0.15) is 5.69 Å². The minimum Gasteiger partial charge on any atom is -0.465 e. The fourth-order valence-electron chi connectivity index (χ4n) is 5.46. The van der Waals surface area contributed by atoms with E-state index in [1.54, 1.807) is 41.4 Å². The standard InChI is InChI=1S/C29H27F3N8O3/c30-29(31,32)20-6-1-4-18(14-20)23-9-10-25-26(35-23)40(22-8-3-12-38(25)16-22)27(41)34-21-7-2-5-19(15-21)24-17-39(37-36-24)13-11-33-28(42)43/h1-2,4-7,9-10,14-15,17,22,33H,3,8,11-13,16H2,(H,34,41)(H,42,43)/t22-/m0/s1. The fraction of sp³-hybridized carbons (Fsp3) is 0.276. The summed E-state index contributed by atoms with van der Waals surface area (Å²) in [7, 11) is 0. The molecule has 4 heterocycles. The molecule has 0 radical (unpaired) electrons. The molecule has 43 heavy (non-hydrogen) atoms. The van der Waals surface area contributed by atoms with Crippen molar-refractivity contribution in [2.75, 3.05) is 34.8 Å². The summed E-state index contributed by atoms with van der Waals surface area (Å²) >= 11 is 0. The molecular formula is C29H27F3N8O3. The number of halogens is 3. The Labute approximate surface area is 243 Å². The number of nitrogens with one attached hydrogen (secondary N) is 2. The quantitative estimate of drug-likeness (QED) is 0.277. The molecule has 0 unspecified atom stereocenters. The predicted molar refractivity (Wildman–Crippen MR) is 153 cm³/mol.